The zero-order valence-corrected chi connectivity index (χ0v) is 23.5. The van der Waals surface area contributed by atoms with E-state index < -0.39 is 9.84 Å². The Balaban J connectivity index is 1.28. The predicted molar refractivity (Wildman–Crippen MR) is 159 cm³/mol. The number of aromatic nitrogens is 2. The second-order valence-corrected chi connectivity index (χ2v) is 13.0. The number of aromatic amines is 1. The van der Waals surface area contributed by atoms with Crippen molar-refractivity contribution in [3.63, 3.8) is 0 Å². The molecule has 210 valence electrons. The van der Waals surface area contributed by atoms with Crippen molar-refractivity contribution in [2.75, 3.05) is 55.8 Å². The first-order chi connectivity index (χ1) is 19.4. The average Bonchev–Trinajstić information content (AvgIpc) is 3.31. The summed E-state index contributed by atoms with van der Waals surface area (Å²) in [7, 11) is -2.96. The number of likely N-dealkylation sites (tertiary alicyclic amines) is 1. The fourth-order valence-electron chi connectivity index (χ4n) is 5.76. The molecule has 0 saturated carbocycles. The number of H-pyrrole nitrogens is 1. The van der Waals surface area contributed by atoms with Crippen molar-refractivity contribution in [3.05, 3.63) is 72.4 Å². The highest BCUT2D eigenvalue weighted by atomic mass is 32.2. The number of rotatable bonds is 7. The van der Waals surface area contributed by atoms with Gasteiger partial charge in [0, 0.05) is 36.1 Å². The van der Waals surface area contributed by atoms with Gasteiger partial charge in [0.1, 0.15) is 28.9 Å². The maximum absolute atomic E-state index is 11.9. The van der Waals surface area contributed by atoms with Crippen LogP contribution in [0, 0.1) is 0 Å². The third-order valence-electron chi connectivity index (χ3n) is 7.94. The lowest BCUT2D eigenvalue weighted by Gasteiger charge is -2.31. The van der Waals surface area contributed by atoms with Crippen LogP contribution in [0.5, 0.6) is 0 Å². The molecule has 0 aliphatic carbocycles. The maximum Gasteiger partial charge on any atom is 0.150 e. The fourth-order valence-corrected chi connectivity index (χ4v) is 6.83. The van der Waals surface area contributed by atoms with Crippen LogP contribution in [0.2, 0.25) is 0 Å². The molecule has 2 N–H and O–H groups in total. The first-order valence-corrected chi connectivity index (χ1v) is 15.6. The molecule has 1 saturated heterocycles. The zero-order valence-electron chi connectivity index (χ0n) is 22.7. The molecule has 0 bridgehead atoms. The molecule has 4 heterocycles. The number of nitrogens with one attached hydrogen (secondary N) is 1. The topological polar surface area (TPSA) is 102 Å². The molecular weight excluding hydrogens is 526 g/mol. The summed E-state index contributed by atoms with van der Waals surface area (Å²) in [6.45, 7) is 3.63. The predicted octanol–water partition coefficient (Wildman–Crippen LogP) is 4.12. The lowest BCUT2D eigenvalue weighted by molar-refractivity contribution is 0.141. The molecule has 4 aromatic rings. The van der Waals surface area contributed by atoms with E-state index in [0.29, 0.717) is 32.8 Å². The Morgan fingerprint density at radius 1 is 1.05 bits per heavy atom. The smallest absolute Gasteiger partial charge is 0.150 e. The molecule has 2 aliphatic rings. The molecule has 0 unspecified atom stereocenters. The SMILES string of the molecule is CS(=O)(=O)C1CCN(Cc2ccc(-c3cc4c5c(cnc4[nH]3)N(CCO)COCN5c3ccccc3)cc2)CC1. The molecule has 2 aromatic carbocycles. The number of piperidine rings is 1. The van der Waals surface area contributed by atoms with Gasteiger partial charge in [-0.1, -0.05) is 42.5 Å². The minimum absolute atomic E-state index is 0.0205. The number of pyridine rings is 1. The van der Waals surface area contributed by atoms with E-state index in [9.17, 15) is 13.5 Å². The normalized spacial score (nSPS) is 17.2. The first kappa shape index (κ1) is 26.8. The van der Waals surface area contributed by atoms with Crippen molar-refractivity contribution in [1.82, 2.24) is 14.9 Å². The maximum atomic E-state index is 11.9. The molecule has 9 nitrogen and oxygen atoms in total. The van der Waals surface area contributed by atoms with E-state index in [0.717, 1.165) is 59.0 Å². The van der Waals surface area contributed by atoms with Gasteiger partial charge in [0.25, 0.3) is 0 Å². The van der Waals surface area contributed by atoms with E-state index in [1.165, 1.54) is 11.8 Å². The number of β-amino-alcohol motifs (C(OH)–C–C–N with tert-alkyl or cyclic N) is 1. The van der Waals surface area contributed by atoms with Gasteiger partial charge in [0.05, 0.1) is 29.4 Å². The second-order valence-electron chi connectivity index (χ2n) is 10.7. The molecule has 10 heteroatoms. The zero-order chi connectivity index (χ0) is 27.7. The number of benzene rings is 2. The quantitative estimate of drug-likeness (QED) is 0.348. The number of nitrogens with zero attached hydrogens (tertiary/aromatic N) is 4. The van der Waals surface area contributed by atoms with Crippen molar-refractivity contribution >= 4 is 37.9 Å². The summed E-state index contributed by atoms with van der Waals surface area (Å²) in [6.07, 6.45) is 4.60. The molecule has 2 aromatic heterocycles. The van der Waals surface area contributed by atoms with Gasteiger partial charge in [0.15, 0.2) is 0 Å². The minimum atomic E-state index is -2.96. The Kier molecular flexibility index (Phi) is 7.50. The number of ether oxygens (including phenoxy) is 1. The third-order valence-corrected chi connectivity index (χ3v) is 9.62. The molecular formula is C30H35N5O4S. The van der Waals surface area contributed by atoms with E-state index in [1.54, 1.807) is 0 Å². The Morgan fingerprint density at radius 3 is 2.50 bits per heavy atom. The lowest BCUT2D eigenvalue weighted by Crippen LogP contribution is -2.38. The van der Waals surface area contributed by atoms with Crippen LogP contribution in [0.15, 0.2) is 66.9 Å². The van der Waals surface area contributed by atoms with Crippen LogP contribution in [-0.4, -0.2) is 79.6 Å². The van der Waals surface area contributed by atoms with Gasteiger partial charge in [-0.25, -0.2) is 13.4 Å². The number of fused-ring (bicyclic) bond motifs is 3. The Hall–Kier alpha value is -3.44. The largest absolute Gasteiger partial charge is 0.395 e. The van der Waals surface area contributed by atoms with Crippen molar-refractivity contribution in [2.45, 2.75) is 24.6 Å². The van der Waals surface area contributed by atoms with Gasteiger partial charge in [-0.05, 0) is 55.3 Å². The van der Waals surface area contributed by atoms with Crippen molar-refractivity contribution in [3.8, 4) is 11.3 Å². The summed E-state index contributed by atoms with van der Waals surface area (Å²) < 4.78 is 29.8. The summed E-state index contributed by atoms with van der Waals surface area (Å²) in [5.74, 6) is 0. The fraction of sp³-hybridized carbons (Fsp3) is 0.367. The second kappa shape index (κ2) is 11.2. The Morgan fingerprint density at radius 2 is 1.80 bits per heavy atom. The number of aliphatic hydroxyl groups is 1. The lowest BCUT2D eigenvalue weighted by atomic mass is 10.1. The van der Waals surface area contributed by atoms with Crippen LogP contribution < -0.4 is 9.80 Å². The van der Waals surface area contributed by atoms with Crippen molar-refractivity contribution < 1.29 is 18.3 Å². The van der Waals surface area contributed by atoms with Gasteiger partial charge < -0.3 is 24.6 Å². The minimum Gasteiger partial charge on any atom is -0.395 e. The van der Waals surface area contributed by atoms with Gasteiger partial charge in [-0.2, -0.15) is 0 Å². The number of hydrogen-bond donors (Lipinski definition) is 2. The first-order valence-electron chi connectivity index (χ1n) is 13.7. The molecule has 0 atom stereocenters. The molecule has 0 amide bonds. The van der Waals surface area contributed by atoms with E-state index in [4.69, 9.17) is 9.72 Å². The Bertz CT molecular complexity index is 1570. The number of anilines is 3. The highest BCUT2D eigenvalue weighted by molar-refractivity contribution is 7.91. The van der Waals surface area contributed by atoms with Crippen LogP contribution in [-0.2, 0) is 21.1 Å². The summed E-state index contributed by atoms with van der Waals surface area (Å²) in [5.41, 5.74) is 6.98. The van der Waals surface area contributed by atoms with Crippen molar-refractivity contribution in [2.24, 2.45) is 0 Å². The molecule has 40 heavy (non-hydrogen) atoms. The van der Waals surface area contributed by atoms with Gasteiger partial charge >= 0.3 is 0 Å². The summed E-state index contributed by atoms with van der Waals surface area (Å²) >= 11 is 0. The third kappa shape index (κ3) is 5.44. The number of para-hydroxylation sites is 1. The van der Waals surface area contributed by atoms with Crippen LogP contribution >= 0.6 is 0 Å². The van der Waals surface area contributed by atoms with E-state index in [2.05, 4.69) is 57.2 Å². The van der Waals surface area contributed by atoms with E-state index >= 15 is 0 Å². The van der Waals surface area contributed by atoms with E-state index in [1.807, 2.05) is 29.3 Å². The molecule has 0 radical (unpaired) electrons. The number of hydrogen-bond acceptors (Lipinski definition) is 8. The molecule has 6 rings (SSSR count). The van der Waals surface area contributed by atoms with Crippen LogP contribution in [0.3, 0.4) is 0 Å². The summed E-state index contributed by atoms with van der Waals surface area (Å²) in [6, 6.07) is 20.8. The highest BCUT2D eigenvalue weighted by Gasteiger charge is 2.27. The van der Waals surface area contributed by atoms with Gasteiger partial charge in [-0.3, -0.25) is 4.90 Å². The Labute approximate surface area is 234 Å². The number of aliphatic hydroxyl groups excluding tert-OH is 1. The van der Waals surface area contributed by atoms with Gasteiger partial charge in [-0.15, -0.1) is 0 Å². The number of sulfone groups is 1. The molecule has 0 spiro atoms. The summed E-state index contributed by atoms with van der Waals surface area (Å²) in [5, 5.41) is 10.5. The highest BCUT2D eigenvalue weighted by Crippen LogP contribution is 2.42. The van der Waals surface area contributed by atoms with Crippen molar-refractivity contribution in [1.29, 1.82) is 0 Å². The molecule has 2 aliphatic heterocycles. The summed E-state index contributed by atoms with van der Waals surface area (Å²) in [4.78, 5) is 14.8. The van der Waals surface area contributed by atoms with Crippen LogP contribution in [0.4, 0.5) is 17.1 Å². The van der Waals surface area contributed by atoms with E-state index in [-0.39, 0.29) is 11.9 Å². The van der Waals surface area contributed by atoms with Crippen LogP contribution in [0.25, 0.3) is 22.3 Å². The average molecular weight is 562 g/mol. The van der Waals surface area contributed by atoms with Crippen LogP contribution in [0.1, 0.15) is 18.4 Å². The molecule has 1 fully saturated rings. The van der Waals surface area contributed by atoms with Gasteiger partial charge in [0.2, 0.25) is 0 Å². The monoisotopic (exact) mass is 561 g/mol. The standard InChI is InChI=1S/C30H35N5O4S/c1-40(37,38)25-11-13-33(14-12-25)19-22-7-9-23(10-8-22)27-17-26-29-28(18-31-30(26)32-27)34(15-16-36)20-39-21-35(29)24-5-3-2-4-6-24/h2-10,17-18,25,36H,11-16,19-21H2,1H3,(H,31,32).